The van der Waals surface area contributed by atoms with E-state index in [9.17, 15) is 22.8 Å². The van der Waals surface area contributed by atoms with Gasteiger partial charge in [-0.05, 0) is 6.92 Å². The van der Waals surface area contributed by atoms with E-state index in [1.54, 1.807) is 6.92 Å². The monoisotopic (exact) mass is 361 g/mol. The average Bonchev–Trinajstić information content (AvgIpc) is 2.56. The summed E-state index contributed by atoms with van der Waals surface area (Å²) in [5, 5.41) is -1.45. The summed E-state index contributed by atoms with van der Waals surface area (Å²) < 4.78 is 32.6. The van der Waals surface area contributed by atoms with E-state index in [0.29, 0.717) is 0 Å². The van der Waals surface area contributed by atoms with Gasteiger partial charge in [0.1, 0.15) is 6.21 Å². The van der Waals surface area contributed by atoms with Crippen LogP contribution in [0.25, 0.3) is 0 Å². The maximum absolute atomic E-state index is 12.7. The molecule has 0 spiro atoms. The zero-order valence-electron chi connectivity index (χ0n) is 13.8. The standard InChI is InChI=1S/C13H21N4O6S/c1-4-23-13(20)16-5-7-17(8-6-16)24(21,22)10-9-14(2)12(19)15(3)11(10)18/h9-10H,4-8H2,1-3H3/q+1. The maximum Gasteiger partial charge on any atom is 0.500 e. The molecule has 1 fully saturated rings. The topological polar surface area (TPSA) is 107 Å². The van der Waals surface area contributed by atoms with E-state index < -0.39 is 33.3 Å². The van der Waals surface area contributed by atoms with Gasteiger partial charge in [-0.25, -0.2) is 22.6 Å². The number of nitrogens with zero attached hydrogens (tertiary/aromatic N) is 4. The van der Waals surface area contributed by atoms with Crippen molar-refractivity contribution in [2.75, 3.05) is 46.9 Å². The van der Waals surface area contributed by atoms with Crippen LogP contribution in [0.3, 0.4) is 0 Å². The number of imide groups is 1. The van der Waals surface area contributed by atoms with Gasteiger partial charge in [0.05, 0.1) is 20.7 Å². The Bertz CT molecular complexity index is 681. The summed E-state index contributed by atoms with van der Waals surface area (Å²) in [5.74, 6) is -0.786. The Morgan fingerprint density at radius 3 is 2.42 bits per heavy atom. The maximum atomic E-state index is 12.7. The van der Waals surface area contributed by atoms with Crippen LogP contribution in [-0.4, -0.2) is 103 Å². The number of piperazine rings is 1. The number of hydrogen-bond acceptors (Lipinski definition) is 6. The van der Waals surface area contributed by atoms with Crippen LogP contribution in [0, 0.1) is 0 Å². The van der Waals surface area contributed by atoms with E-state index in [4.69, 9.17) is 4.74 Å². The first-order valence-corrected chi connectivity index (χ1v) is 9.00. The number of rotatable bonds is 3. The van der Waals surface area contributed by atoms with Crippen molar-refractivity contribution in [3.8, 4) is 0 Å². The van der Waals surface area contributed by atoms with Crippen LogP contribution in [0.15, 0.2) is 0 Å². The third-order valence-electron chi connectivity index (χ3n) is 3.97. The molecule has 2 heterocycles. The lowest BCUT2D eigenvalue weighted by molar-refractivity contribution is -0.399. The molecule has 1 atom stereocenters. The van der Waals surface area contributed by atoms with Gasteiger partial charge in [0.25, 0.3) is 0 Å². The first kappa shape index (κ1) is 18.3. The molecule has 134 valence electrons. The molecule has 0 aromatic carbocycles. The Morgan fingerprint density at radius 2 is 1.88 bits per heavy atom. The SMILES string of the molecule is CCOC(=O)N1CCN(S(=O)(=O)C2C=[N+](C)C(=O)N(C)C2=O)CC1. The van der Waals surface area contributed by atoms with E-state index in [2.05, 4.69) is 0 Å². The quantitative estimate of drug-likeness (QED) is 0.582. The molecule has 0 radical (unpaired) electrons. The van der Waals surface area contributed by atoms with E-state index in [1.165, 1.54) is 23.3 Å². The van der Waals surface area contributed by atoms with Crippen LogP contribution in [0.1, 0.15) is 6.92 Å². The van der Waals surface area contributed by atoms with Crippen molar-refractivity contribution in [2.24, 2.45) is 0 Å². The molecule has 0 N–H and O–H groups in total. The number of urea groups is 1. The summed E-state index contributed by atoms with van der Waals surface area (Å²) in [4.78, 5) is 37.7. The molecule has 2 aliphatic rings. The fraction of sp³-hybridized carbons (Fsp3) is 0.692. The van der Waals surface area contributed by atoms with Crippen molar-refractivity contribution in [3.63, 3.8) is 0 Å². The predicted molar refractivity (Wildman–Crippen MR) is 83.3 cm³/mol. The van der Waals surface area contributed by atoms with Gasteiger partial charge in [-0.15, -0.1) is 0 Å². The number of amides is 4. The number of ether oxygens (including phenoxy) is 1. The summed E-state index contributed by atoms with van der Waals surface area (Å²) >= 11 is 0. The van der Waals surface area contributed by atoms with E-state index in [1.807, 2.05) is 0 Å². The molecular weight excluding hydrogens is 340 g/mol. The van der Waals surface area contributed by atoms with Gasteiger partial charge in [-0.1, -0.05) is 0 Å². The van der Waals surface area contributed by atoms with E-state index in [0.717, 1.165) is 15.7 Å². The third-order valence-corrected chi connectivity index (χ3v) is 6.02. The second-order valence-corrected chi connectivity index (χ2v) is 7.54. The van der Waals surface area contributed by atoms with Crippen LogP contribution >= 0.6 is 0 Å². The molecule has 2 rings (SSSR count). The average molecular weight is 361 g/mol. The number of carbonyl (C=O) groups is 3. The zero-order chi connectivity index (χ0) is 18.1. The van der Waals surface area contributed by atoms with Gasteiger partial charge in [0.15, 0.2) is 0 Å². The Morgan fingerprint density at radius 1 is 1.29 bits per heavy atom. The summed E-state index contributed by atoms with van der Waals surface area (Å²) in [7, 11) is -1.33. The van der Waals surface area contributed by atoms with Gasteiger partial charge < -0.3 is 9.64 Å². The normalized spacial score (nSPS) is 23.3. The van der Waals surface area contributed by atoms with Gasteiger partial charge in [0, 0.05) is 26.2 Å². The highest BCUT2D eigenvalue weighted by Crippen LogP contribution is 2.16. The molecule has 11 heteroatoms. The molecule has 4 amide bonds. The third kappa shape index (κ3) is 3.26. The van der Waals surface area contributed by atoms with Crippen molar-refractivity contribution in [3.05, 3.63) is 0 Å². The van der Waals surface area contributed by atoms with Crippen LogP contribution in [0.4, 0.5) is 9.59 Å². The van der Waals surface area contributed by atoms with Gasteiger partial charge >= 0.3 is 18.0 Å². The molecule has 0 aliphatic carbocycles. The lowest BCUT2D eigenvalue weighted by Crippen LogP contribution is -2.59. The van der Waals surface area contributed by atoms with Crippen LogP contribution < -0.4 is 0 Å². The first-order chi connectivity index (χ1) is 11.2. The minimum Gasteiger partial charge on any atom is -0.450 e. The molecule has 0 saturated carbocycles. The molecule has 0 aromatic heterocycles. The molecule has 2 aliphatic heterocycles. The minimum absolute atomic E-state index is 0.0696. The highest BCUT2D eigenvalue weighted by Gasteiger charge is 2.48. The molecular formula is C13H21N4O6S+. The highest BCUT2D eigenvalue weighted by molar-refractivity contribution is 7.91. The Labute approximate surface area is 140 Å². The fourth-order valence-electron chi connectivity index (χ4n) is 2.56. The molecule has 0 aromatic rings. The Balaban J connectivity index is 2.13. The molecule has 0 bridgehead atoms. The lowest BCUT2D eigenvalue weighted by atomic mass is 10.3. The van der Waals surface area contributed by atoms with Crippen molar-refractivity contribution >= 4 is 34.3 Å². The fourth-order valence-corrected chi connectivity index (χ4v) is 4.30. The number of sulfonamides is 1. The summed E-state index contributed by atoms with van der Waals surface area (Å²) in [5.41, 5.74) is 0. The zero-order valence-corrected chi connectivity index (χ0v) is 14.7. The summed E-state index contributed by atoms with van der Waals surface area (Å²) in [6.45, 7) is 2.44. The van der Waals surface area contributed by atoms with Crippen LogP contribution in [-0.2, 0) is 19.6 Å². The van der Waals surface area contributed by atoms with Gasteiger partial charge in [-0.3, -0.25) is 0 Å². The van der Waals surface area contributed by atoms with Crippen LogP contribution in [0.5, 0.6) is 0 Å². The molecule has 1 saturated heterocycles. The smallest absolute Gasteiger partial charge is 0.450 e. The molecule has 24 heavy (non-hydrogen) atoms. The summed E-state index contributed by atoms with van der Waals surface area (Å²) in [6, 6.07) is -0.585. The first-order valence-electron chi connectivity index (χ1n) is 7.50. The highest BCUT2D eigenvalue weighted by atomic mass is 32.2. The van der Waals surface area contributed by atoms with Crippen molar-refractivity contribution in [1.82, 2.24) is 14.1 Å². The van der Waals surface area contributed by atoms with Gasteiger partial charge in [0.2, 0.25) is 15.3 Å². The number of hydrogen-bond donors (Lipinski definition) is 0. The van der Waals surface area contributed by atoms with Crippen molar-refractivity contribution in [2.45, 2.75) is 12.2 Å². The predicted octanol–water partition coefficient (Wildman–Crippen LogP) is -1.24. The van der Waals surface area contributed by atoms with E-state index in [-0.39, 0.29) is 32.8 Å². The molecule has 10 nitrogen and oxygen atoms in total. The largest absolute Gasteiger partial charge is 0.500 e. The Kier molecular flexibility index (Phi) is 5.23. The Hall–Kier alpha value is -2.01. The molecule has 1 unspecified atom stereocenters. The van der Waals surface area contributed by atoms with Gasteiger partial charge in [-0.2, -0.15) is 14.0 Å². The van der Waals surface area contributed by atoms with Crippen LogP contribution in [0.2, 0.25) is 0 Å². The van der Waals surface area contributed by atoms with Crippen molar-refractivity contribution in [1.29, 1.82) is 0 Å². The summed E-state index contributed by atoms with van der Waals surface area (Å²) in [6.07, 6.45) is 0.623. The lowest BCUT2D eigenvalue weighted by Gasteiger charge is -2.34. The second-order valence-electron chi connectivity index (χ2n) is 5.49. The minimum atomic E-state index is -3.97. The van der Waals surface area contributed by atoms with E-state index >= 15 is 0 Å². The number of carbonyl (C=O) groups excluding carboxylic acids is 3. The van der Waals surface area contributed by atoms with Crippen molar-refractivity contribution < 1.29 is 32.1 Å². The second kappa shape index (κ2) is 6.85.